The van der Waals surface area contributed by atoms with Crippen LogP contribution in [0.25, 0.3) is 11.1 Å². The maximum atomic E-state index is 5.83. The number of fused-ring (bicyclic) bond motifs is 1. The van der Waals surface area contributed by atoms with E-state index in [2.05, 4.69) is 34.8 Å². The number of halogens is 1. The van der Waals surface area contributed by atoms with Crippen molar-refractivity contribution in [1.82, 2.24) is 4.98 Å². The van der Waals surface area contributed by atoms with Crippen LogP contribution in [0.2, 0.25) is 0 Å². The molecule has 3 rings (SSSR count). The molecule has 0 N–H and O–H groups in total. The van der Waals surface area contributed by atoms with Gasteiger partial charge in [-0.1, -0.05) is 48.3 Å². The Kier molecular flexibility index (Phi) is 3.42. The summed E-state index contributed by atoms with van der Waals surface area (Å²) in [6.45, 7) is 4.76. The molecule has 1 heterocycles. The zero-order valence-corrected chi connectivity index (χ0v) is 13.1. The Labute approximate surface area is 122 Å². The lowest BCUT2D eigenvalue weighted by atomic mass is 9.79. The van der Waals surface area contributed by atoms with Crippen molar-refractivity contribution in [3.63, 3.8) is 0 Å². The minimum Gasteiger partial charge on any atom is -0.441 e. The predicted molar refractivity (Wildman–Crippen MR) is 81.6 cm³/mol. The molecular formula is C16H20BrNO. The van der Waals surface area contributed by atoms with Crippen molar-refractivity contribution in [2.45, 2.75) is 44.4 Å². The first-order valence-electron chi connectivity index (χ1n) is 7.05. The number of nitrogens with zero attached hydrogens (tertiary/aromatic N) is 1. The zero-order valence-electron chi connectivity index (χ0n) is 11.5. The van der Waals surface area contributed by atoms with Crippen molar-refractivity contribution < 1.29 is 4.42 Å². The molecule has 102 valence electrons. The summed E-state index contributed by atoms with van der Waals surface area (Å²) >= 11 is 3.87. The van der Waals surface area contributed by atoms with Crippen LogP contribution in [-0.4, -0.2) is 9.81 Å². The van der Waals surface area contributed by atoms with Crippen LogP contribution in [0.15, 0.2) is 28.7 Å². The van der Waals surface area contributed by atoms with Crippen LogP contribution in [0.4, 0.5) is 0 Å². The highest BCUT2D eigenvalue weighted by Gasteiger charge is 2.38. The number of aromatic nitrogens is 1. The van der Waals surface area contributed by atoms with Crippen LogP contribution in [0.3, 0.4) is 0 Å². The Balaban J connectivity index is 1.77. The van der Waals surface area contributed by atoms with Gasteiger partial charge in [0.1, 0.15) is 5.52 Å². The van der Waals surface area contributed by atoms with E-state index in [1.54, 1.807) is 0 Å². The quantitative estimate of drug-likeness (QED) is 0.747. The van der Waals surface area contributed by atoms with Gasteiger partial charge < -0.3 is 4.42 Å². The SMILES string of the molecule is CC1(C)CCCC1C(Br)Cc1nc2ccccc2o1. The van der Waals surface area contributed by atoms with E-state index in [1.165, 1.54) is 19.3 Å². The average Bonchev–Trinajstić information content (AvgIpc) is 2.90. The summed E-state index contributed by atoms with van der Waals surface area (Å²) in [4.78, 5) is 5.03. The van der Waals surface area contributed by atoms with Gasteiger partial charge in [0.25, 0.3) is 0 Å². The first-order valence-corrected chi connectivity index (χ1v) is 7.96. The van der Waals surface area contributed by atoms with Gasteiger partial charge in [0.05, 0.1) is 0 Å². The maximum Gasteiger partial charge on any atom is 0.196 e. The van der Waals surface area contributed by atoms with E-state index < -0.39 is 0 Å². The van der Waals surface area contributed by atoms with E-state index in [-0.39, 0.29) is 0 Å². The Morgan fingerprint density at radius 2 is 2.21 bits per heavy atom. The van der Waals surface area contributed by atoms with Gasteiger partial charge >= 0.3 is 0 Å². The normalized spacial score (nSPS) is 23.8. The summed E-state index contributed by atoms with van der Waals surface area (Å²) in [5, 5.41) is 0. The fourth-order valence-electron chi connectivity index (χ4n) is 3.34. The molecule has 2 atom stereocenters. The van der Waals surface area contributed by atoms with Crippen molar-refractivity contribution in [2.75, 3.05) is 0 Å². The lowest BCUT2D eigenvalue weighted by Crippen LogP contribution is -2.27. The van der Waals surface area contributed by atoms with Crippen LogP contribution in [0, 0.1) is 11.3 Å². The average molecular weight is 322 g/mol. The van der Waals surface area contributed by atoms with Gasteiger partial charge in [0.15, 0.2) is 11.5 Å². The third kappa shape index (κ3) is 2.58. The second-order valence-electron chi connectivity index (χ2n) is 6.28. The fraction of sp³-hybridized carbons (Fsp3) is 0.562. The van der Waals surface area contributed by atoms with Crippen molar-refractivity contribution >= 4 is 27.0 Å². The number of hydrogen-bond acceptors (Lipinski definition) is 2. The molecule has 0 aliphatic heterocycles. The number of rotatable bonds is 3. The van der Waals surface area contributed by atoms with Crippen molar-refractivity contribution in [3.8, 4) is 0 Å². The second kappa shape index (κ2) is 4.93. The van der Waals surface area contributed by atoms with Crippen LogP contribution in [0.5, 0.6) is 0 Å². The van der Waals surface area contributed by atoms with E-state index in [0.717, 1.165) is 23.4 Å². The van der Waals surface area contributed by atoms with Crippen LogP contribution < -0.4 is 0 Å². The first kappa shape index (κ1) is 13.2. The monoisotopic (exact) mass is 321 g/mol. The number of para-hydroxylation sites is 2. The first-order chi connectivity index (χ1) is 9.06. The summed E-state index contributed by atoms with van der Waals surface area (Å²) in [6, 6.07) is 7.98. The molecule has 0 amide bonds. The second-order valence-corrected chi connectivity index (χ2v) is 7.46. The molecule has 1 aliphatic carbocycles. The number of alkyl halides is 1. The van der Waals surface area contributed by atoms with Gasteiger partial charge in [-0.15, -0.1) is 0 Å². The lowest BCUT2D eigenvalue weighted by Gasteiger charge is -2.30. The van der Waals surface area contributed by atoms with Gasteiger partial charge in [0.2, 0.25) is 0 Å². The molecule has 0 bridgehead atoms. The summed E-state index contributed by atoms with van der Waals surface area (Å²) in [6.07, 6.45) is 4.85. The Bertz CT molecular complexity index is 542. The highest BCUT2D eigenvalue weighted by Crippen LogP contribution is 2.47. The largest absolute Gasteiger partial charge is 0.441 e. The minimum absolute atomic E-state index is 0.431. The summed E-state index contributed by atoms with van der Waals surface area (Å²) in [5.41, 5.74) is 2.28. The molecule has 19 heavy (non-hydrogen) atoms. The highest BCUT2D eigenvalue weighted by atomic mass is 79.9. The molecule has 2 nitrogen and oxygen atoms in total. The molecule has 3 heteroatoms. The number of oxazole rings is 1. The highest BCUT2D eigenvalue weighted by molar-refractivity contribution is 9.09. The summed E-state index contributed by atoms with van der Waals surface area (Å²) < 4.78 is 5.83. The third-order valence-electron chi connectivity index (χ3n) is 4.48. The van der Waals surface area contributed by atoms with Crippen molar-refractivity contribution in [2.24, 2.45) is 11.3 Å². The molecule has 1 fully saturated rings. The van der Waals surface area contributed by atoms with Gasteiger partial charge in [-0.2, -0.15) is 0 Å². The van der Waals surface area contributed by atoms with Crippen molar-refractivity contribution in [3.05, 3.63) is 30.2 Å². The van der Waals surface area contributed by atoms with E-state index >= 15 is 0 Å². The summed E-state index contributed by atoms with van der Waals surface area (Å²) in [7, 11) is 0. The molecule has 1 aromatic heterocycles. The van der Waals surface area contributed by atoms with Gasteiger partial charge in [-0.05, 0) is 36.3 Å². The molecule has 2 unspecified atom stereocenters. The van der Waals surface area contributed by atoms with Crippen molar-refractivity contribution in [1.29, 1.82) is 0 Å². The standard InChI is InChI=1S/C16H20BrNO/c1-16(2)9-5-6-11(16)12(17)10-15-18-13-7-3-4-8-14(13)19-15/h3-4,7-8,11-12H,5-6,9-10H2,1-2H3. The minimum atomic E-state index is 0.431. The van der Waals surface area contributed by atoms with Gasteiger partial charge in [-0.3, -0.25) is 0 Å². The molecule has 0 spiro atoms. The number of benzene rings is 1. The lowest BCUT2D eigenvalue weighted by molar-refractivity contribution is 0.251. The Morgan fingerprint density at radius 1 is 1.42 bits per heavy atom. The molecule has 0 radical (unpaired) electrons. The summed E-state index contributed by atoms with van der Waals surface area (Å²) in [5.74, 6) is 1.56. The predicted octanol–water partition coefficient (Wildman–Crippen LogP) is 4.96. The fourth-order valence-corrected chi connectivity index (χ4v) is 4.60. The van der Waals surface area contributed by atoms with Crippen LogP contribution >= 0.6 is 15.9 Å². The zero-order chi connectivity index (χ0) is 13.5. The van der Waals surface area contributed by atoms with E-state index in [0.29, 0.717) is 16.2 Å². The smallest absolute Gasteiger partial charge is 0.196 e. The Morgan fingerprint density at radius 3 is 2.89 bits per heavy atom. The molecule has 0 saturated heterocycles. The van der Waals surface area contributed by atoms with E-state index in [4.69, 9.17) is 4.42 Å². The molecule has 2 aromatic rings. The molecule has 1 saturated carbocycles. The molecule has 1 aliphatic rings. The number of hydrogen-bond donors (Lipinski definition) is 0. The van der Waals surface area contributed by atoms with E-state index in [1.807, 2.05) is 24.3 Å². The third-order valence-corrected chi connectivity index (χ3v) is 5.45. The Hall–Kier alpha value is -0.830. The van der Waals surface area contributed by atoms with Gasteiger partial charge in [0, 0.05) is 11.2 Å². The van der Waals surface area contributed by atoms with Gasteiger partial charge in [-0.25, -0.2) is 4.98 Å². The van der Waals surface area contributed by atoms with Crippen LogP contribution in [0.1, 0.15) is 39.0 Å². The van der Waals surface area contributed by atoms with Crippen LogP contribution in [-0.2, 0) is 6.42 Å². The molecule has 1 aromatic carbocycles. The topological polar surface area (TPSA) is 26.0 Å². The maximum absolute atomic E-state index is 5.83. The van der Waals surface area contributed by atoms with E-state index in [9.17, 15) is 0 Å². The molecular weight excluding hydrogens is 302 g/mol.